The Kier molecular flexibility index (Phi) is 7.96. The maximum atomic E-state index is 13.2. The highest BCUT2D eigenvalue weighted by molar-refractivity contribution is 5.92. The van der Waals surface area contributed by atoms with Crippen LogP contribution in [0.2, 0.25) is 0 Å². The lowest BCUT2D eigenvalue weighted by Crippen LogP contribution is -2.46. The predicted octanol–water partition coefficient (Wildman–Crippen LogP) is 5.76. The Balaban J connectivity index is 1.26. The second-order valence-electron chi connectivity index (χ2n) is 9.05. The first-order chi connectivity index (χ1) is 16.5. The first kappa shape index (κ1) is 24.0. The zero-order chi connectivity index (χ0) is 23.9. The molecule has 178 valence electrons. The summed E-state index contributed by atoms with van der Waals surface area (Å²) in [6, 6.07) is 23.4. The first-order valence-electron chi connectivity index (χ1n) is 12.2. The standard InChI is InChI=1S/C29H34FN3O/c1-23-22-26(25-8-4-3-5-9-25)10-15-29(23)33(24(2)34)17-7-6-16-31-18-20-32(21-19-31)28-13-11-27(30)12-14-28/h3-5,8-15,22H,6-7,16-21H2,1-2H3. The number of aryl methyl sites for hydroxylation is 1. The van der Waals surface area contributed by atoms with Crippen molar-refractivity contribution in [2.24, 2.45) is 0 Å². The van der Waals surface area contributed by atoms with Crippen LogP contribution in [0, 0.1) is 12.7 Å². The minimum atomic E-state index is -0.190. The summed E-state index contributed by atoms with van der Waals surface area (Å²) in [4.78, 5) is 19.1. The van der Waals surface area contributed by atoms with E-state index in [0.29, 0.717) is 0 Å². The highest BCUT2D eigenvalue weighted by atomic mass is 19.1. The van der Waals surface area contributed by atoms with Crippen molar-refractivity contribution in [2.45, 2.75) is 26.7 Å². The summed E-state index contributed by atoms with van der Waals surface area (Å²) >= 11 is 0. The smallest absolute Gasteiger partial charge is 0.223 e. The van der Waals surface area contributed by atoms with E-state index in [0.717, 1.165) is 69.0 Å². The third kappa shape index (κ3) is 6.03. The van der Waals surface area contributed by atoms with Crippen molar-refractivity contribution in [2.75, 3.05) is 49.1 Å². The molecule has 1 amide bonds. The van der Waals surface area contributed by atoms with E-state index < -0.39 is 0 Å². The molecule has 0 aliphatic carbocycles. The Hall–Kier alpha value is -3.18. The molecule has 0 aromatic heterocycles. The molecule has 1 aliphatic heterocycles. The highest BCUT2D eigenvalue weighted by Gasteiger charge is 2.18. The molecule has 1 heterocycles. The zero-order valence-electron chi connectivity index (χ0n) is 20.2. The fraction of sp³-hybridized carbons (Fsp3) is 0.345. The molecule has 0 atom stereocenters. The molecule has 0 spiro atoms. The van der Waals surface area contributed by atoms with Crippen LogP contribution in [0.15, 0.2) is 72.8 Å². The predicted molar refractivity (Wildman–Crippen MR) is 139 cm³/mol. The van der Waals surface area contributed by atoms with Crippen molar-refractivity contribution in [3.05, 3.63) is 84.2 Å². The van der Waals surface area contributed by atoms with Crippen LogP contribution in [0.5, 0.6) is 0 Å². The van der Waals surface area contributed by atoms with Crippen LogP contribution in [0.1, 0.15) is 25.3 Å². The van der Waals surface area contributed by atoms with Crippen LogP contribution in [-0.4, -0.2) is 50.1 Å². The molecule has 0 bridgehead atoms. The Morgan fingerprint density at radius 2 is 1.59 bits per heavy atom. The van der Waals surface area contributed by atoms with E-state index in [1.807, 2.05) is 35.2 Å². The van der Waals surface area contributed by atoms with Crippen molar-refractivity contribution in [1.29, 1.82) is 0 Å². The molecule has 3 aromatic rings. The van der Waals surface area contributed by atoms with Crippen LogP contribution in [0.3, 0.4) is 0 Å². The fourth-order valence-electron chi connectivity index (χ4n) is 4.70. The molecule has 4 rings (SSSR count). The quantitative estimate of drug-likeness (QED) is 0.401. The molecule has 5 heteroatoms. The molecular weight excluding hydrogens is 425 g/mol. The molecule has 1 fully saturated rings. The molecule has 34 heavy (non-hydrogen) atoms. The number of halogens is 1. The number of amides is 1. The Labute approximate surface area is 202 Å². The number of hydrogen-bond donors (Lipinski definition) is 0. The lowest BCUT2D eigenvalue weighted by molar-refractivity contribution is -0.116. The summed E-state index contributed by atoms with van der Waals surface area (Å²) in [5, 5.41) is 0. The summed E-state index contributed by atoms with van der Waals surface area (Å²) < 4.78 is 13.2. The molecule has 0 N–H and O–H groups in total. The minimum absolute atomic E-state index is 0.0865. The SMILES string of the molecule is CC(=O)N(CCCCN1CCN(c2ccc(F)cc2)CC1)c1ccc(-c2ccccc2)cc1C. The van der Waals surface area contributed by atoms with Gasteiger partial charge in [0, 0.05) is 51.0 Å². The van der Waals surface area contributed by atoms with Crippen LogP contribution in [-0.2, 0) is 4.79 Å². The minimum Gasteiger partial charge on any atom is -0.369 e. The molecule has 1 aliphatic rings. The maximum absolute atomic E-state index is 13.2. The lowest BCUT2D eigenvalue weighted by Gasteiger charge is -2.36. The van der Waals surface area contributed by atoms with Crippen molar-refractivity contribution in [3.8, 4) is 11.1 Å². The second kappa shape index (κ2) is 11.3. The Morgan fingerprint density at radius 1 is 0.882 bits per heavy atom. The third-order valence-corrected chi connectivity index (χ3v) is 6.64. The van der Waals surface area contributed by atoms with E-state index in [2.05, 4.69) is 47.1 Å². The van der Waals surface area contributed by atoms with Crippen molar-refractivity contribution < 1.29 is 9.18 Å². The van der Waals surface area contributed by atoms with Crippen LogP contribution >= 0.6 is 0 Å². The van der Waals surface area contributed by atoms with E-state index in [9.17, 15) is 9.18 Å². The third-order valence-electron chi connectivity index (χ3n) is 6.64. The van der Waals surface area contributed by atoms with Gasteiger partial charge in [-0.05, 0) is 79.4 Å². The van der Waals surface area contributed by atoms with Gasteiger partial charge in [-0.25, -0.2) is 4.39 Å². The zero-order valence-corrected chi connectivity index (χ0v) is 20.2. The van der Waals surface area contributed by atoms with Gasteiger partial charge in [0.1, 0.15) is 5.82 Å². The Morgan fingerprint density at radius 3 is 2.24 bits per heavy atom. The topological polar surface area (TPSA) is 26.8 Å². The van der Waals surface area contributed by atoms with Crippen LogP contribution < -0.4 is 9.80 Å². The van der Waals surface area contributed by atoms with E-state index in [-0.39, 0.29) is 11.7 Å². The average Bonchev–Trinajstić information content (AvgIpc) is 2.86. The van der Waals surface area contributed by atoms with Gasteiger partial charge in [0.15, 0.2) is 0 Å². The summed E-state index contributed by atoms with van der Waals surface area (Å²) in [6.45, 7) is 9.43. The van der Waals surface area contributed by atoms with Crippen molar-refractivity contribution >= 4 is 17.3 Å². The Bertz CT molecular complexity index is 1080. The average molecular weight is 460 g/mol. The van der Waals surface area contributed by atoms with Gasteiger partial charge in [-0.2, -0.15) is 0 Å². The highest BCUT2D eigenvalue weighted by Crippen LogP contribution is 2.27. The maximum Gasteiger partial charge on any atom is 0.223 e. The number of nitrogens with zero attached hydrogens (tertiary/aromatic N) is 3. The van der Waals surface area contributed by atoms with Crippen LogP contribution in [0.4, 0.5) is 15.8 Å². The van der Waals surface area contributed by atoms with Gasteiger partial charge >= 0.3 is 0 Å². The molecule has 4 nitrogen and oxygen atoms in total. The van der Waals surface area contributed by atoms with Gasteiger partial charge in [0.2, 0.25) is 5.91 Å². The van der Waals surface area contributed by atoms with E-state index in [1.165, 1.54) is 23.3 Å². The number of piperazine rings is 1. The number of carbonyl (C=O) groups excluding carboxylic acids is 1. The number of unbranched alkanes of at least 4 members (excludes halogenated alkanes) is 1. The molecule has 0 saturated carbocycles. The number of anilines is 2. The van der Waals surface area contributed by atoms with E-state index in [4.69, 9.17) is 0 Å². The van der Waals surface area contributed by atoms with Crippen molar-refractivity contribution in [3.63, 3.8) is 0 Å². The lowest BCUT2D eigenvalue weighted by atomic mass is 10.0. The van der Waals surface area contributed by atoms with Gasteiger partial charge < -0.3 is 9.80 Å². The number of carbonyl (C=O) groups is 1. The largest absolute Gasteiger partial charge is 0.369 e. The summed E-state index contributed by atoms with van der Waals surface area (Å²) in [7, 11) is 0. The van der Waals surface area contributed by atoms with Crippen LogP contribution in [0.25, 0.3) is 11.1 Å². The van der Waals surface area contributed by atoms with Gasteiger partial charge in [0.05, 0.1) is 0 Å². The molecule has 0 unspecified atom stereocenters. The van der Waals surface area contributed by atoms with Gasteiger partial charge in [-0.3, -0.25) is 9.69 Å². The monoisotopic (exact) mass is 459 g/mol. The number of hydrogen-bond acceptors (Lipinski definition) is 3. The summed E-state index contributed by atoms with van der Waals surface area (Å²) in [6.07, 6.45) is 2.03. The van der Waals surface area contributed by atoms with Gasteiger partial charge in [-0.1, -0.05) is 36.4 Å². The second-order valence-corrected chi connectivity index (χ2v) is 9.05. The molecule has 3 aromatic carbocycles. The molecule has 0 radical (unpaired) electrons. The molecule has 1 saturated heterocycles. The number of benzene rings is 3. The van der Waals surface area contributed by atoms with E-state index >= 15 is 0 Å². The fourth-order valence-corrected chi connectivity index (χ4v) is 4.70. The number of rotatable bonds is 8. The summed E-state index contributed by atoms with van der Waals surface area (Å²) in [5.41, 5.74) is 5.57. The van der Waals surface area contributed by atoms with Crippen molar-refractivity contribution in [1.82, 2.24) is 4.90 Å². The first-order valence-corrected chi connectivity index (χ1v) is 12.2. The van der Waals surface area contributed by atoms with Gasteiger partial charge in [0.25, 0.3) is 0 Å². The molecular formula is C29H34FN3O. The van der Waals surface area contributed by atoms with Gasteiger partial charge in [-0.15, -0.1) is 0 Å². The summed E-state index contributed by atoms with van der Waals surface area (Å²) in [5.74, 6) is -0.104. The normalized spacial score (nSPS) is 14.3. The van der Waals surface area contributed by atoms with E-state index in [1.54, 1.807) is 6.92 Å².